The summed E-state index contributed by atoms with van der Waals surface area (Å²) in [4.78, 5) is 4.21. The lowest BCUT2D eigenvalue weighted by Gasteiger charge is -2.14. The third-order valence-corrected chi connectivity index (χ3v) is 3.89. The molecule has 0 aliphatic heterocycles. The lowest BCUT2D eigenvalue weighted by atomic mass is 10.2. The van der Waals surface area contributed by atoms with Crippen LogP contribution in [-0.4, -0.2) is 9.55 Å². The molecule has 0 fully saturated rings. The highest BCUT2D eigenvalue weighted by Gasteiger charge is 2.06. The molecule has 0 aliphatic carbocycles. The van der Waals surface area contributed by atoms with Crippen LogP contribution in [0.15, 0.2) is 35.2 Å². The van der Waals surface area contributed by atoms with E-state index in [0.717, 1.165) is 16.7 Å². The Hall–Kier alpha value is -1.29. The van der Waals surface area contributed by atoms with Crippen molar-refractivity contribution in [2.24, 2.45) is 0 Å². The first-order valence-electron chi connectivity index (χ1n) is 6.09. The molecule has 96 valence electrons. The minimum absolute atomic E-state index is 0.438. The van der Waals surface area contributed by atoms with E-state index < -0.39 is 0 Å². The molecule has 0 spiro atoms. The Balaban J connectivity index is 2.12. The summed E-state index contributed by atoms with van der Waals surface area (Å²) in [6.45, 7) is 7.21. The quantitative estimate of drug-likeness (QED) is 0.919. The summed E-state index contributed by atoms with van der Waals surface area (Å²) in [7, 11) is 0. The Morgan fingerprint density at radius 2 is 2.17 bits per heavy atom. The van der Waals surface area contributed by atoms with Crippen molar-refractivity contribution in [1.29, 1.82) is 0 Å². The third-order valence-electron chi connectivity index (χ3n) is 3.03. The van der Waals surface area contributed by atoms with Gasteiger partial charge in [-0.3, -0.25) is 0 Å². The molecule has 3 nitrogen and oxygen atoms in total. The Kier molecular flexibility index (Phi) is 4.07. The maximum Gasteiger partial charge on any atom is 0.0951 e. The first-order chi connectivity index (χ1) is 8.59. The average molecular weight is 308 g/mol. The average Bonchev–Trinajstić information content (AvgIpc) is 2.79. The van der Waals surface area contributed by atoms with Gasteiger partial charge in [0.1, 0.15) is 0 Å². The summed E-state index contributed by atoms with van der Waals surface area (Å²) in [5.74, 6) is 0. The molecule has 1 aromatic heterocycles. The summed E-state index contributed by atoms with van der Waals surface area (Å²) in [5.41, 5.74) is 3.58. The highest BCUT2D eigenvalue weighted by atomic mass is 79.9. The van der Waals surface area contributed by atoms with E-state index in [9.17, 15) is 0 Å². The topological polar surface area (TPSA) is 29.9 Å². The molecule has 2 rings (SSSR count). The lowest BCUT2D eigenvalue weighted by Crippen LogP contribution is -2.09. The SMILES string of the molecule is Cc1c(Br)cccc1NCc1cncn1C(C)C. The number of nitrogens with one attached hydrogen (secondary N) is 1. The van der Waals surface area contributed by atoms with E-state index >= 15 is 0 Å². The molecule has 0 atom stereocenters. The molecule has 0 amide bonds. The van der Waals surface area contributed by atoms with Gasteiger partial charge in [0.15, 0.2) is 0 Å². The van der Waals surface area contributed by atoms with Crippen LogP contribution >= 0.6 is 15.9 Å². The van der Waals surface area contributed by atoms with Gasteiger partial charge in [-0.2, -0.15) is 0 Å². The van der Waals surface area contributed by atoms with Crippen molar-refractivity contribution < 1.29 is 0 Å². The van der Waals surface area contributed by atoms with Crippen LogP contribution in [0.1, 0.15) is 31.1 Å². The summed E-state index contributed by atoms with van der Waals surface area (Å²) in [6, 6.07) is 6.63. The van der Waals surface area contributed by atoms with Crippen LogP contribution in [0.5, 0.6) is 0 Å². The van der Waals surface area contributed by atoms with Crippen LogP contribution in [0, 0.1) is 6.92 Å². The standard InChI is InChI=1S/C14H18BrN3/c1-10(2)18-9-16-7-12(18)8-17-14-6-4-5-13(15)11(14)3/h4-7,9-10,17H,8H2,1-3H3. The fourth-order valence-corrected chi connectivity index (χ4v) is 2.28. The molecule has 1 heterocycles. The van der Waals surface area contributed by atoms with Gasteiger partial charge in [0.05, 0.1) is 18.6 Å². The molecular formula is C14H18BrN3. The molecule has 2 aromatic rings. The maximum atomic E-state index is 4.21. The molecule has 0 saturated carbocycles. The molecule has 1 aromatic carbocycles. The highest BCUT2D eigenvalue weighted by molar-refractivity contribution is 9.10. The van der Waals surface area contributed by atoms with Gasteiger partial charge in [-0.15, -0.1) is 0 Å². The number of nitrogens with zero attached hydrogens (tertiary/aromatic N) is 2. The number of aromatic nitrogens is 2. The number of benzene rings is 1. The second kappa shape index (κ2) is 5.57. The molecule has 0 saturated heterocycles. The van der Waals surface area contributed by atoms with Crippen LogP contribution in [-0.2, 0) is 6.54 Å². The minimum atomic E-state index is 0.438. The maximum absolute atomic E-state index is 4.21. The highest BCUT2D eigenvalue weighted by Crippen LogP contribution is 2.24. The predicted octanol–water partition coefficient (Wildman–Crippen LogP) is 4.15. The second-order valence-electron chi connectivity index (χ2n) is 4.65. The fraction of sp³-hybridized carbons (Fsp3) is 0.357. The second-order valence-corrected chi connectivity index (χ2v) is 5.51. The molecular weight excluding hydrogens is 290 g/mol. The number of hydrogen-bond donors (Lipinski definition) is 1. The minimum Gasteiger partial charge on any atom is -0.379 e. The van der Waals surface area contributed by atoms with Gasteiger partial charge in [-0.25, -0.2) is 4.98 Å². The summed E-state index contributed by atoms with van der Waals surface area (Å²) in [5, 5.41) is 3.46. The third kappa shape index (κ3) is 2.75. The van der Waals surface area contributed by atoms with E-state index in [4.69, 9.17) is 0 Å². The van der Waals surface area contributed by atoms with Crippen molar-refractivity contribution in [3.05, 3.63) is 46.5 Å². The van der Waals surface area contributed by atoms with Crippen molar-refractivity contribution in [3.8, 4) is 0 Å². The molecule has 0 radical (unpaired) electrons. The van der Waals surface area contributed by atoms with E-state index in [2.05, 4.69) is 63.7 Å². The Morgan fingerprint density at radius 1 is 1.39 bits per heavy atom. The molecule has 18 heavy (non-hydrogen) atoms. The van der Waals surface area contributed by atoms with Crippen molar-refractivity contribution in [2.45, 2.75) is 33.4 Å². The van der Waals surface area contributed by atoms with E-state index in [1.165, 1.54) is 11.3 Å². The largest absolute Gasteiger partial charge is 0.379 e. The van der Waals surface area contributed by atoms with Gasteiger partial charge >= 0.3 is 0 Å². The molecule has 4 heteroatoms. The Bertz CT molecular complexity index is 532. The lowest BCUT2D eigenvalue weighted by molar-refractivity contribution is 0.577. The number of halogens is 1. The van der Waals surface area contributed by atoms with Crippen LogP contribution in [0.25, 0.3) is 0 Å². The molecule has 0 aliphatic rings. The van der Waals surface area contributed by atoms with Gasteiger partial charge in [0.25, 0.3) is 0 Å². The molecule has 1 N–H and O–H groups in total. The zero-order chi connectivity index (χ0) is 13.1. The Labute approximate surface area is 116 Å². The van der Waals surface area contributed by atoms with Gasteiger partial charge in [0, 0.05) is 22.4 Å². The van der Waals surface area contributed by atoms with Crippen LogP contribution in [0.4, 0.5) is 5.69 Å². The van der Waals surface area contributed by atoms with Gasteiger partial charge in [-0.05, 0) is 38.5 Å². The first-order valence-corrected chi connectivity index (χ1v) is 6.88. The monoisotopic (exact) mass is 307 g/mol. The van der Waals surface area contributed by atoms with E-state index in [1.807, 2.05) is 18.6 Å². The van der Waals surface area contributed by atoms with Gasteiger partial charge in [0.2, 0.25) is 0 Å². The van der Waals surface area contributed by atoms with Crippen molar-refractivity contribution in [2.75, 3.05) is 5.32 Å². The normalized spacial score (nSPS) is 10.9. The number of anilines is 1. The number of hydrogen-bond acceptors (Lipinski definition) is 2. The van der Waals surface area contributed by atoms with Gasteiger partial charge < -0.3 is 9.88 Å². The van der Waals surface area contributed by atoms with Crippen molar-refractivity contribution in [3.63, 3.8) is 0 Å². The van der Waals surface area contributed by atoms with Crippen LogP contribution in [0.2, 0.25) is 0 Å². The fourth-order valence-electron chi connectivity index (χ4n) is 1.92. The van der Waals surface area contributed by atoms with Crippen LogP contribution < -0.4 is 5.32 Å². The summed E-state index contributed by atoms with van der Waals surface area (Å²) >= 11 is 3.54. The zero-order valence-electron chi connectivity index (χ0n) is 10.9. The summed E-state index contributed by atoms with van der Waals surface area (Å²) in [6.07, 6.45) is 3.80. The van der Waals surface area contributed by atoms with Crippen molar-refractivity contribution >= 4 is 21.6 Å². The van der Waals surface area contributed by atoms with E-state index in [-0.39, 0.29) is 0 Å². The Morgan fingerprint density at radius 3 is 2.89 bits per heavy atom. The first kappa shape index (κ1) is 13.1. The van der Waals surface area contributed by atoms with Gasteiger partial charge in [-0.1, -0.05) is 22.0 Å². The zero-order valence-corrected chi connectivity index (χ0v) is 12.5. The van der Waals surface area contributed by atoms with Crippen molar-refractivity contribution in [1.82, 2.24) is 9.55 Å². The number of rotatable bonds is 4. The van der Waals surface area contributed by atoms with Crippen LogP contribution in [0.3, 0.4) is 0 Å². The van der Waals surface area contributed by atoms with E-state index in [0.29, 0.717) is 6.04 Å². The van der Waals surface area contributed by atoms with E-state index in [1.54, 1.807) is 0 Å². The smallest absolute Gasteiger partial charge is 0.0951 e. The predicted molar refractivity (Wildman–Crippen MR) is 78.8 cm³/mol. The number of imidazole rings is 1. The summed E-state index contributed by atoms with van der Waals surface area (Å²) < 4.78 is 3.31. The molecule has 0 unspecified atom stereocenters. The molecule has 0 bridgehead atoms.